The largest absolute Gasteiger partial charge is 0.378 e. The van der Waals surface area contributed by atoms with Gasteiger partial charge in [0.25, 0.3) is 0 Å². The maximum absolute atomic E-state index is 13.1. The number of carbonyl (C=O) groups excluding carboxylic acids is 1. The van der Waals surface area contributed by atoms with Crippen molar-refractivity contribution in [3.63, 3.8) is 0 Å². The molecule has 4 rings (SSSR count). The van der Waals surface area contributed by atoms with Crippen molar-refractivity contribution in [2.75, 3.05) is 38.3 Å². The Bertz CT molecular complexity index is 833. The van der Waals surface area contributed by atoms with E-state index in [1.54, 1.807) is 0 Å². The van der Waals surface area contributed by atoms with Crippen molar-refractivity contribution in [1.82, 2.24) is 15.8 Å². The fourth-order valence-corrected chi connectivity index (χ4v) is 4.09. The molecule has 1 amide bonds. The van der Waals surface area contributed by atoms with E-state index >= 15 is 0 Å². The molecule has 2 aliphatic heterocycles. The highest BCUT2D eigenvalue weighted by molar-refractivity contribution is 5.82. The van der Waals surface area contributed by atoms with Crippen LogP contribution in [0, 0.1) is 6.92 Å². The average Bonchev–Trinajstić information content (AvgIpc) is 3.25. The topological polar surface area (TPSA) is 56.8 Å². The molecule has 0 bridgehead atoms. The van der Waals surface area contributed by atoms with Crippen LogP contribution >= 0.6 is 0 Å². The van der Waals surface area contributed by atoms with Crippen LogP contribution < -0.4 is 15.8 Å². The standard InChI is InChI=1S/C23H30N4O2/c1-17-7-9-18(10-8-17)20-15-21(25-24-20)23(28)26(2)16-19-5-3-4-6-22(19)27-11-13-29-14-12-27/h3-10,20-21,24-25H,11-16H2,1-2H3. The molecule has 0 radical (unpaired) electrons. The first-order valence-corrected chi connectivity index (χ1v) is 10.3. The zero-order valence-electron chi connectivity index (χ0n) is 17.2. The molecule has 2 aromatic carbocycles. The van der Waals surface area contributed by atoms with Crippen molar-refractivity contribution in [2.24, 2.45) is 0 Å². The number of ether oxygens (including phenoxy) is 1. The molecule has 0 aromatic heterocycles. The van der Waals surface area contributed by atoms with Gasteiger partial charge in [0.05, 0.1) is 13.2 Å². The molecule has 6 nitrogen and oxygen atoms in total. The minimum absolute atomic E-state index is 0.115. The molecule has 2 N–H and O–H groups in total. The maximum Gasteiger partial charge on any atom is 0.241 e. The Morgan fingerprint density at radius 3 is 2.59 bits per heavy atom. The van der Waals surface area contributed by atoms with E-state index in [-0.39, 0.29) is 18.0 Å². The van der Waals surface area contributed by atoms with Gasteiger partial charge in [0.2, 0.25) is 5.91 Å². The zero-order valence-corrected chi connectivity index (χ0v) is 17.2. The molecule has 2 unspecified atom stereocenters. The van der Waals surface area contributed by atoms with Crippen LogP contribution in [0.3, 0.4) is 0 Å². The molecule has 2 aliphatic rings. The van der Waals surface area contributed by atoms with Crippen LogP contribution in [0.25, 0.3) is 0 Å². The number of nitrogens with one attached hydrogen (secondary N) is 2. The Balaban J connectivity index is 1.39. The number of nitrogens with zero attached hydrogens (tertiary/aromatic N) is 2. The Kier molecular flexibility index (Phi) is 6.13. The highest BCUT2D eigenvalue weighted by atomic mass is 16.5. The first kappa shape index (κ1) is 19.9. The number of hydrogen-bond acceptors (Lipinski definition) is 5. The van der Waals surface area contributed by atoms with Crippen LogP contribution in [-0.2, 0) is 16.1 Å². The van der Waals surface area contributed by atoms with E-state index in [2.05, 4.69) is 65.1 Å². The number of hydrogen-bond donors (Lipinski definition) is 2. The Hall–Kier alpha value is -2.41. The third kappa shape index (κ3) is 4.61. The van der Waals surface area contributed by atoms with Crippen molar-refractivity contribution >= 4 is 11.6 Å². The SMILES string of the molecule is Cc1ccc(C2CC(C(=O)N(C)Cc3ccccc3N3CCOCC3)NN2)cc1. The van der Waals surface area contributed by atoms with Gasteiger partial charge in [-0.3, -0.25) is 4.79 Å². The van der Waals surface area contributed by atoms with Gasteiger partial charge in [-0.1, -0.05) is 48.0 Å². The van der Waals surface area contributed by atoms with Gasteiger partial charge >= 0.3 is 0 Å². The molecule has 29 heavy (non-hydrogen) atoms. The normalized spacial score (nSPS) is 21.9. The number of para-hydroxylation sites is 1. The van der Waals surface area contributed by atoms with E-state index in [9.17, 15) is 4.79 Å². The summed E-state index contributed by atoms with van der Waals surface area (Å²) in [5.41, 5.74) is 11.3. The lowest BCUT2D eigenvalue weighted by atomic mass is 10.0. The number of amides is 1. The molecule has 2 saturated heterocycles. The first-order valence-electron chi connectivity index (χ1n) is 10.3. The molecule has 2 atom stereocenters. The van der Waals surface area contributed by atoms with Gasteiger partial charge in [-0.2, -0.15) is 0 Å². The molecule has 0 spiro atoms. The summed E-state index contributed by atoms with van der Waals surface area (Å²) in [5.74, 6) is 0.115. The second-order valence-electron chi connectivity index (χ2n) is 7.96. The summed E-state index contributed by atoms with van der Waals surface area (Å²) < 4.78 is 5.48. The third-order valence-electron chi connectivity index (χ3n) is 5.81. The molecule has 6 heteroatoms. The van der Waals surface area contributed by atoms with Crippen molar-refractivity contribution < 1.29 is 9.53 Å². The summed E-state index contributed by atoms with van der Waals surface area (Å²) in [6.07, 6.45) is 0.747. The van der Waals surface area contributed by atoms with Gasteiger partial charge < -0.3 is 14.5 Å². The molecule has 0 saturated carbocycles. The summed E-state index contributed by atoms with van der Waals surface area (Å²) in [6.45, 7) is 5.96. The predicted octanol–water partition coefficient (Wildman–Crippen LogP) is 2.40. The van der Waals surface area contributed by atoms with Crippen molar-refractivity contribution in [3.05, 3.63) is 65.2 Å². The van der Waals surface area contributed by atoms with E-state index in [4.69, 9.17) is 4.74 Å². The second kappa shape index (κ2) is 8.95. The molecular formula is C23H30N4O2. The predicted molar refractivity (Wildman–Crippen MR) is 115 cm³/mol. The number of benzene rings is 2. The zero-order chi connectivity index (χ0) is 20.2. The molecule has 2 heterocycles. The molecule has 2 fully saturated rings. The summed E-state index contributed by atoms with van der Waals surface area (Å²) in [5, 5.41) is 0. The summed E-state index contributed by atoms with van der Waals surface area (Å²) >= 11 is 0. The van der Waals surface area contributed by atoms with E-state index in [0.717, 1.165) is 32.7 Å². The fourth-order valence-electron chi connectivity index (χ4n) is 4.09. The number of likely N-dealkylation sites (N-methyl/N-ethyl adjacent to an activating group) is 1. The lowest BCUT2D eigenvalue weighted by Gasteiger charge is -2.31. The van der Waals surface area contributed by atoms with Gasteiger partial charge in [0, 0.05) is 38.4 Å². The van der Waals surface area contributed by atoms with Gasteiger partial charge in [0.1, 0.15) is 6.04 Å². The van der Waals surface area contributed by atoms with Gasteiger partial charge in [-0.15, -0.1) is 0 Å². The van der Waals surface area contributed by atoms with Crippen LogP contribution in [0.15, 0.2) is 48.5 Å². The number of rotatable bonds is 5. The van der Waals surface area contributed by atoms with Crippen molar-refractivity contribution in [2.45, 2.75) is 32.0 Å². The van der Waals surface area contributed by atoms with E-state index in [1.807, 2.05) is 18.0 Å². The second-order valence-corrected chi connectivity index (χ2v) is 7.96. The minimum atomic E-state index is -0.221. The summed E-state index contributed by atoms with van der Waals surface area (Å²) in [7, 11) is 1.89. The quantitative estimate of drug-likeness (QED) is 0.816. The highest BCUT2D eigenvalue weighted by Gasteiger charge is 2.32. The van der Waals surface area contributed by atoms with Crippen LogP contribution in [-0.4, -0.2) is 50.2 Å². The van der Waals surface area contributed by atoms with Gasteiger partial charge in [0.15, 0.2) is 0 Å². The fraction of sp³-hybridized carbons (Fsp3) is 0.435. The van der Waals surface area contributed by atoms with E-state index in [1.165, 1.54) is 22.4 Å². The number of morpholine rings is 1. The number of anilines is 1. The van der Waals surface area contributed by atoms with Crippen LogP contribution in [0.5, 0.6) is 0 Å². The molecule has 2 aromatic rings. The summed E-state index contributed by atoms with van der Waals surface area (Å²) in [6, 6.07) is 16.8. The Morgan fingerprint density at radius 2 is 1.83 bits per heavy atom. The lowest BCUT2D eigenvalue weighted by molar-refractivity contribution is -0.132. The number of carbonyl (C=O) groups is 1. The Labute approximate surface area is 172 Å². The van der Waals surface area contributed by atoms with Crippen LogP contribution in [0.2, 0.25) is 0 Å². The van der Waals surface area contributed by atoms with Crippen LogP contribution in [0.4, 0.5) is 5.69 Å². The monoisotopic (exact) mass is 394 g/mol. The molecular weight excluding hydrogens is 364 g/mol. The van der Waals surface area contributed by atoms with Crippen LogP contribution in [0.1, 0.15) is 29.2 Å². The maximum atomic E-state index is 13.1. The van der Waals surface area contributed by atoms with E-state index < -0.39 is 0 Å². The Morgan fingerprint density at radius 1 is 1.10 bits per heavy atom. The highest BCUT2D eigenvalue weighted by Crippen LogP contribution is 2.25. The smallest absolute Gasteiger partial charge is 0.241 e. The molecule has 154 valence electrons. The first-order chi connectivity index (χ1) is 14.1. The van der Waals surface area contributed by atoms with Gasteiger partial charge in [-0.25, -0.2) is 10.9 Å². The van der Waals surface area contributed by atoms with Crippen molar-refractivity contribution in [1.29, 1.82) is 0 Å². The summed E-state index contributed by atoms with van der Waals surface area (Å²) in [4.78, 5) is 17.2. The average molecular weight is 395 g/mol. The minimum Gasteiger partial charge on any atom is -0.378 e. The third-order valence-corrected chi connectivity index (χ3v) is 5.81. The molecule has 0 aliphatic carbocycles. The number of aryl methyl sites for hydroxylation is 1. The lowest BCUT2D eigenvalue weighted by Crippen LogP contribution is -2.44. The van der Waals surface area contributed by atoms with Gasteiger partial charge in [-0.05, 0) is 30.5 Å². The number of hydrazine groups is 1. The van der Waals surface area contributed by atoms with Crippen molar-refractivity contribution in [3.8, 4) is 0 Å². The van der Waals surface area contributed by atoms with E-state index in [0.29, 0.717) is 6.54 Å².